The minimum atomic E-state index is 0. The monoisotopic (exact) mass is 613 g/mol. The van der Waals surface area contributed by atoms with Crippen LogP contribution in [0.4, 0.5) is 0 Å². The summed E-state index contributed by atoms with van der Waals surface area (Å²) in [5.74, 6) is 1.74. The lowest BCUT2D eigenvalue weighted by Gasteiger charge is -2.38. The molecular weight excluding hydrogens is 528 g/mol. The summed E-state index contributed by atoms with van der Waals surface area (Å²) < 4.78 is 0. The standard InChI is InChI=1S/2C14H22.C6H14.C6H10.4CH4/c2*1-4-6-12-11(2)8-10-14(3)9-5-7-13(12)14;2*1-3-5-6-4-2;;;;/h2*4,6,13H,5,7-10H2,1-3H3;3-6H2,1-2H3;3-6H,1-2H3;4*1H4/b2*6-4-;;;;;;/t13-,14+;13-,14-;;;;;;/m10....../s1. The second kappa shape index (κ2) is 26.6. The van der Waals surface area contributed by atoms with E-state index in [1.807, 2.05) is 38.2 Å². The van der Waals surface area contributed by atoms with Gasteiger partial charge in [0.25, 0.3) is 0 Å². The van der Waals surface area contributed by atoms with Crippen LogP contribution in [-0.4, -0.2) is 0 Å². The highest BCUT2D eigenvalue weighted by atomic mass is 14.5. The summed E-state index contributed by atoms with van der Waals surface area (Å²) in [6.07, 6.45) is 36.8. The average Bonchev–Trinajstić information content (AvgIpc) is 3.54. The molecule has 0 aromatic carbocycles. The molecule has 4 aliphatic rings. The summed E-state index contributed by atoms with van der Waals surface area (Å²) in [5, 5.41) is 0. The Kier molecular flexibility index (Phi) is 29.9. The topological polar surface area (TPSA) is 0 Å². The highest BCUT2D eigenvalue weighted by Crippen LogP contribution is 2.55. The molecule has 0 heterocycles. The zero-order valence-corrected chi connectivity index (χ0v) is 28.7. The van der Waals surface area contributed by atoms with E-state index in [-0.39, 0.29) is 29.7 Å². The predicted octanol–water partition coefficient (Wildman–Crippen LogP) is 16.2. The van der Waals surface area contributed by atoms with Gasteiger partial charge in [-0.3, -0.25) is 0 Å². The molecule has 0 aliphatic heterocycles. The Hall–Kier alpha value is -1.56. The molecule has 0 aromatic rings. The molecule has 0 heteroatoms. The first-order chi connectivity index (χ1) is 19.2. The maximum Gasteiger partial charge on any atom is -0.0109 e. The molecule has 4 aliphatic carbocycles. The quantitative estimate of drug-likeness (QED) is 0.207. The summed E-state index contributed by atoms with van der Waals surface area (Å²) in [7, 11) is 0. The molecule has 0 bridgehead atoms. The van der Waals surface area contributed by atoms with Crippen molar-refractivity contribution in [3.05, 3.63) is 70.9 Å². The SMILES string of the molecule is C.C.C.C.C/C=C\C1=C(C)CC[C@]2(C)CCC[C@@H]12.C/C=C\C1=C(C)CC[C@]2(C)CCC[C@H]12.CC=CC=CC.CCCCCC. The Bertz CT molecular complexity index is 813. The minimum Gasteiger partial charge on any atom is -0.0877 e. The van der Waals surface area contributed by atoms with Gasteiger partial charge < -0.3 is 0 Å². The summed E-state index contributed by atoms with van der Waals surface area (Å²) in [6.45, 7) is 22.4. The van der Waals surface area contributed by atoms with Crippen LogP contribution in [0.3, 0.4) is 0 Å². The maximum atomic E-state index is 2.50. The van der Waals surface area contributed by atoms with Crippen LogP contribution in [0.25, 0.3) is 0 Å². The fourth-order valence-corrected chi connectivity index (χ4v) is 7.55. The summed E-state index contributed by atoms with van der Waals surface area (Å²) in [6, 6.07) is 0. The normalized spacial score (nSPS) is 27.0. The highest BCUT2D eigenvalue weighted by Gasteiger charge is 2.43. The lowest BCUT2D eigenvalue weighted by atomic mass is 9.67. The second-order valence-corrected chi connectivity index (χ2v) is 13.4. The zero-order chi connectivity index (χ0) is 30.0. The molecule has 4 rings (SSSR count). The van der Waals surface area contributed by atoms with Gasteiger partial charge in [0.05, 0.1) is 0 Å². The van der Waals surface area contributed by atoms with Crippen LogP contribution in [-0.2, 0) is 0 Å². The molecular formula is C44H84. The van der Waals surface area contributed by atoms with Crippen molar-refractivity contribution in [2.24, 2.45) is 22.7 Å². The molecule has 0 amide bonds. The van der Waals surface area contributed by atoms with E-state index in [9.17, 15) is 0 Å². The van der Waals surface area contributed by atoms with E-state index in [2.05, 4.69) is 79.7 Å². The third kappa shape index (κ3) is 15.1. The first-order valence-electron chi connectivity index (χ1n) is 17.1. The molecule has 2 fully saturated rings. The van der Waals surface area contributed by atoms with Crippen molar-refractivity contribution >= 4 is 0 Å². The van der Waals surface area contributed by atoms with Crippen molar-refractivity contribution in [3.8, 4) is 0 Å². The highest BCUT2D eigenvalue weighted by molar-refractivity contribution is 5.33. The molecule has 44 heavy (non-hydrogen) atoms. The summed E-state index contributed by atoms with van der Waals surface area (Å²) in [4.78, 5) is 0. The van der Waals surface area contributed by atoms with Crippen LogP contribution in [0.2, 0.25) is 0 Å². The van der Waals surface area contributed by atoms with Crippen LogP contribution in [0, 0.1) is 22.7 Å². The Morgan fingerprint density at radius 2 is 0.909 bits per heavy atom. The van der Waals surface area contributed by atoms with Gasteiger partial charge in [0.15, 0.2) is 0 Å². The van der Waals surface area contributed by atoms with Crippen LogP contribution in [0.15, 0.2) is 70.9 Å². The van der Waals surface area contributed by atoms with E-state index >= 15 is 0 Å². The Balaban J connectivity index is -0.000000253. The lowest BCUT2D eigenvalue weighted by Crippen LogP contribution is -2.27. The van der Waals surface area contributed by atoms with Gasteiger partial charge in [-0.15, -0.1) is 0 Å². The molecule has 4 atom stereocenters. The first kappa shape index (κ1) is 49.3. The molecule has 260 valence electrons. The van der Waals surface area contributed by atoms with Gasteiger partial charge in [0, 0.05) is 0 Å². The predicted molar refractivity (Wildman–Crippen MR) is 211 cm³/mol. The van der Waals surface area contributed by atoms with Crippen molar-refractivity contribution in [2.45, 2.75) is 189 Å². The third-order valence-corrected chi connectivity index (χ3v) is 10.2. The number of allylic oxidation sites excluding steroid dienone is 12. The molecule has 0 unspecified atom stereocenters. The van der Waals surface area contributed by atoms with Crippen LogP contribution < -0.4 is 0 Å². The van der Waals surface area contributed by atoms with Gasteiger partial charge in [-0.2, -0.15) is 0 Å². The third-order valence-electron chi connectivity index (χ3n) is 10.2. The van der Waals surface area contributed by atoms with Crippen molar-refractivity contribution in [1.82, 2.24) is 0 Å². The molecule has 0 radical (unpaired) electrons. The Morgan fingerprint density at radius 3 is 1.18 bits per heavy atom. The fourth-order valence-electron chi connectivity index (χ4n) is 7.55. The van der Waals surface area contributed by atoms with Gasteiger partial charge in [-0.25, -0.2) is 0 Å². The van der Waals surface area contributed by atoms with Crippen molar-refractivity contribution in [3.63, 3.8) is 0 Å². The van der Waals surface area contributed by atoms with E-state index in [1.54, 1.807) is 22.3 Å². The zero-order valence-electron chi connectivity index (χ0n) is 28.7. The number of hydrogen-bond acceptors (Lipinski definition) is 0. The molecule has 0 N–H and O–H groups in total. The number of hydrogen-bond donors (Lipinski definition) is 0. The van der Waals surface area contributed by atoms with E-state index in [4.69, 9.17) is 0 Å². The lowest BCUT2D eigenvalue weighted by molar-refractivity contribution is 0.226. The fraction of sp³-hybridized carbons (Fsp3) is 0.727. The van der Waals surface area contributed by atoms with Gasteiger partial charge in [-0.05, 0) is 127 Å². The van der Waals surface area contributed by atoms with E-state index in [0.717, 1.165) is 11.8 Å². The number of rotatable bonds is 6. The maximum absolute atomic E-state index is 2.50. The van der Waals surface area contributed by atoms with Gasteiger partial charge in [0.1, 0.15) is 0 Å². The summed E-state index contributed by atoms with van der Waals surface area (Å²) in [5.41, 5.74) is 7.89. The minimum absolute atomic E-state index is 0. The molecule has 0 spiro atoms. The molecule has 0 nitrogen and oxygen atoms in total. The van der Waals surface area contributed by atoms with E-state index in [0.29, 0.717) is 10.8 Å². The van der Waals surface area contributed by atoms with Gasteiger partial charge in [-0.1, -0.05) is 156 Å². The van der Waals surface area contributed by atoms with Crippen molar-refractivity contribution in [1.29, 1.82) is 0 Å². The molecule has 0 saturated heterocycles. The van der Waals surface area contributed by atoms with Crippen LogP contribution in [0.5, 0.6) is 0 Å². The van der Waals surface area contributed by atoms with E-state index in [1.165, 1.54) is 89.9 Å². The Morgan fingerprint density at radius 1 is 0.568 bits per heavy atom. The number of fused-ring (bicyclic) bond motifs is 2. The van der Waals surface area contributed by atoms with Gasteiger partial charge in [0.2, 0.25) is 0 Å². The molecule has 0 aromatic heterocycles. The Labute approximate surface area is 281 Å². The van der Waals surface area contributed by atoms with E-state index < -0.39 is 0 Å². The number of unbranched alkanes of at least 4 members (excludes halogenated alkanes) is 3. The van der Waals surface area contributed by atoms with Crippen LogP contribution in [0.1, 0.15) is 189 Å². The average molecular weight is 613 g/mol. The largest absolute Gasteiger partial charge is 0.0877 e. The van der Waals surface area contributed by atoms with Crippen molar-refractivity contribution < 1.29 is 0 Å². The van der Waals surface area contributed by atoms with Crippen molar-refractivity contribution in [2.75, 3.05) is 0 Å². The van der Waals surface area contributed by atoms with Crippen LogP contribution >= 0.6 is 0 Å². The smallest absolute Gasteiger partial charge is 0.0109 e. The van der Waals surface area contributed by atoms with Gasteiger partial charge >= 0.3 is 0 Å². The molecule has 2 saturated carbocycles. The first-order valence-corrected chi connectivity index (χ1v) is 17.1. The summed E-state index contributed by atoms with van der Waals surface area (Å²) >= 11 is 0. The second-order valence-electron chi connectivity index (χ2n) is 13.4.